The van der Waals surface area contributed by atoms with E-state index >= 15 is 0 Å². The summed E-state index contributed by atoms with van der Waals surface area (Å²) in [4.78, 5) is 0. The van der Waals surface area contributed by atoms with Crippen molar-refractivity contribution in [3.63, 3.8) is 0 Å². The van der Waals surface area contributed by atoms with Crippen molar-refractivity contribution in [3.8, 4) is 0 Å². The van der Waals surface area contributed by atoms with Gasteiger partial charge in [0.05, 0.1) is 6.10 Å². The van der Waals surface area contributed by atoms with Crippen LogP contribution in [-0.2, 0) is 0 Å². The van der Waals surface area contributed by atoms with E-state index in [0.29, 0.717) is 0 Å². The van der Waals surface area contributed by atoms with Crippen molar-refractivity contribution >= 4 is 45.2 Å². The molecule has 0 heterocycles. The summed E-state index contributed by atoms with van der Waals surface area (Å²) >= 11 is 4.52. The summed E-state index contributed by atoms with van der Waals surface area (Å²) in [6.07, 6.45) is -0.364. The third kappa shape index (κ3) is 2.29. The second kappa shape index (κ2) is 4.04. The topological polar surface area (TPSA) is 20.2 Å². The third-order valence-corrected chi connectivity index (χ3v) is 4.57. The Kier molecular flexibility index (Phi) is 3.57. The molecule has 0 radical (unpaired) electrons. The van der Waals surface area contributed by atoms with Crippen molar-refractivity contribution in [2.24, 2.45) is 0 Å². The predicted octanol–water partition coefficient (Wildman–Crippen LogP) is 2.95. The summed E-state index contributed by atoms with van der Waals surface area (Å²) in [5, 5.41) is 9.32. The lowest BCUT2D eigenvalue weighted by Crippen LogP contribution is -1.95. The Labute approximate surface area is 93.5 Å². The Balaban J connectivity index is 3.17. The van der Waals surface area contributed by atoms with Gasteiger partial charge in [0.25, 0.3) is 0 Å². The molecule has 1 aromatic rings. The van der Waals surface area contributed by atoms with Gasteiger partial charge < -0.3 is 5.11 Å². The van der Waals surface area contributed by atoms with Gasteiger partial charge in [0, 0.05) is 7.14 Å². The molecule has 1 nitrogen and oxygen atoms in total. The minimum Gasteiger partial charge on any atom is -0.389 e. The SMILES string of the molecule is CC(O)c1cccc(I)c1I. The van der Waals surface area contributed by atoms with Crippen molar-refractivity contribution in [1.29, 1.82) is 0 Å². The van der Waals surface area contributed by atoms with Crippen LogP contribution in [0.5, 0.6) is 0 Å². The van der Waals surface area contributed by atoms with Gasteiger partial charge in [-0.1, -0.05) is 12.1 Å². The van der Waals surface area contributed by atoms with Crippen LogP contribution in [0.1, 0.15) is 18.6 Å². The molecule has 3 heteroatoms. The molecule has 0 saturated heterocycles. The lowest BCUT2D eigenvalue weighted by atomic mass is 10.1. The lowest BCUT2D eigenvalue weighted by molar-refractivity contribution is 0.198. The van der Waals surface area contributed by atoms with Gasteiger partial charge in [-0.3, -0.25) is 0 Å². The standard InChI is InChI=1S/C8H8I2O/c1-5(11)6-3-2-4-7(9)8(6)10/h2-5,11H,1H3. The van der Waals surface area contributed by atoms with Crippen LogP contribution in [-0.4, -0.2) is 5.11 Å². The average Bonchev–Trinajstić information content (AvgIpc) is 1.94. The lowest BCUT2D eigenvalue weighted by Gasteiger charge is -2.07. The van der Waals surface area contributed by atoms with Gasteiger partial charge >= 0.3 is 0 Å². The number of aliphatic hydroxyl groups excluding tert-OH is 1. The fraction of sp³-hybridized carbons (Fsp3) is 0.250. The molecule has 0 bridgehead atoms. The van der Waals surface area contributed by atoms with Gasteiger partial charge in [0.2, 0.25) is 0 Å². The van der Waals surface area contributed by atoms with Crippen molar-refractivity contribution in [2.45, 2.75) is 13.0 Å². The van der Waals surface area contributed by atoms with Crippen LogP contribution in [0.4, 0.5) is 0 Å². The Bertz CT molecular complexity index is 258. The number of rotatable bonds is 1. The van der Waals surface area contributed by atoms with Gasteiger partial charge in [0.15, 0.2) is 0 Å². The third-order valence-electron chi connectivity index (χ3n) is 1.43. The highest BCUT2D eigenvalue weighted by Gasteiger charge is 2.06. The first-order valence-electron chi connectivity index (χ1n) is 3.25. The molecule has 0 fully saturated rings. The zero-order valence-corrected chi connectivity index (χ0v) is 10.3. The largest absolute Gasteiger partial charge is 0.389 e. The second-order valence-corrected chi connectivity index (χ2v) is 4.56. The van der Waals surface area contributed by atoms with Crippen molar-refractivity contribution in [3.05, 3.63) is 30.9 Å². The Morgan fingerprint density at radius 2 is 2.00 bits per heavy atom. The Morgan fingerprint density at radius 3 is 2.45 bits per heavy atom. The molecule has 0 aromatic heterocycles. The van der Waals surface area contributed by atoms with Crippen LogP contribution in [0.15, 0.2) is 18.2 Å². The number of halogens is 2. The molecule has 1 rings (SSSR count). The molecule has 0 saturated carbocycles. The number of benzene rings is 1. The summed E-state index contributed by atoms with van der Waals surface area (Å²) in [7, 11) is 0. The predicted molar refractivity (Wildman–Crippen MR) is 62.5 cm³/mol. The molecule has 0 spiro atoms. The monoisotopic (exact) mass is 374 g/mol. The van der Waals surface area contributed by atoms with E-state index in [4.69, 9.17) is 0 Å². The van der Waals surface area contributed by atoms with E-state index in [0.717, 1.165) is 9.13 Å². The van der Waals surface area contributed by atoms with Crippen LogP contribution >= 0.6 is 45.2 Å². The molecule has 11 heavy (non-hydrogen) atoms. The normalized spacial score (nSPS) is 13.1. The van der Waals surface area contributed by atoms with Crippen LogP contribution < -0.4 is 0 Å². The average molecular weight is 374 g/mol. The van der Waals surface area contributed by atoms with E-state index in [-0.39, 0.29) is 6.10 Å². The minimum absolute atomic E-state index is 0.364. The van der Waals surface area contributed by atoms with E-state index in [1.807, 2.05) is 18.2 Å². The van der Waals surface area contributed by atoms with Gasteiger partial charge in [-0.2, -0.15) is 0 Å². The molecular weight excluding hydrogens is 366 g/mol. The highest BCUT2D eigenvalue weighted by Crippen LogP contribution is 2.23. The van der Waals surface area contributed by atoms with E-state index in [1.165, 1.54) is 3.57 Å². The molecule has 1 atom stereocenters. The fourth-order valence-corrected chi connectivity index (χ4v) is 2.17. The molecule has 60 valence electrons. The second-order valence-electron chi connectivity index (χ2n) is 2.32. The van der Waals surface area contributed by atoms with Gasteiger partial charge in [-0.05, 0) is 63.7 Å². The van der Waals surface area contributed by atoms with Crippen LogP contribution in [0.25, 0.3) is 0 Å². The van der Waals surface area contributed by atoms with Gasteiger partial charge in [0.1, 0.15) is 0 Å². The summed E-state index contributed by atoms with van der Waals surface area (Å²) in [6, 6.07) is 5.95. The molecular formula is C8H8I2O. The van der Waals surface area contributed by atoms with E-state index in [1.54, 1.807) is 6.92 Å². The molecule has 0 aliphatic heterocycles. The first-order valence-corrected chi connectivity index (χ1v) is 5.40. The summed E-state index contributed by atoms with van der Waals surface area (Å²) in [5.41, 5.74) is 1.01. The van der Waals surface area contributed by atoms with E-state index in [9.17, 15) is 5.11 Å². The van der Waals surface area contributed by atoms with E-state index < -0.39 is 0 Å². The zero-order valence-electron chi connectivity index (χ0n) is 6.01. The fourth-order valence-electron chi connectivity index (χ4n) is 0.843. The van der Waals surface area contributed by atoms with Gasteiger partial charge in [-0.15, -0.1) is 0 Å². The quantitative estimate of drug-likeness (QED) is 0.750. The number of aliphatic hydroxyl groups is 1. The van der Waals surface area contributed by atoms with Crippen molar-refractivity contribution in [1.82, 2.24) is 0 Å². The molecule has 1 unspecified atom stereocenters. The molecule has 0 aliphatic rings. The van der Waals surface area contributed by atoms with Crippen LogP contribution in [0, 0.1) is 7.14 Å². The van der Waals surface area contributed by atoms with Crippen molar-refractivity contribution < 1.29 is 5.11 Å². The molecule has 0 aliphatic carbocycles. The minimum atomic E-state index is -0.364. The zero-order chi connectivity index (χ0) is 8.43. The summed E-state index contributed by atoms with van der Waals surface area (Å²) < 4.78 is 2.35. The van der Waals surface area contributed by atoms with E-state index in [2.05, 4.69) is 45.2 Å². The maximum Gasteiger partial charge on any atom is 0.0772 e. The molecule has 1 aromatic carbocycles. The number of hydrogen-bond donors (Lipinski definition) is 1. The molecule has 0 amide bonds. The van der Waals surface area contributed by atoms with Crippen molar-refractivity contribution in [2.75, 3.05) is 0 Å². The van der Waals surface area contributed by atoms with Gasteiger partial charge in [-0.25, -0.2) is 0 Å². The Morgan fingerprint density at radius 1 is 1.36 bits per heavy atom. The first kappa shape index (κ1) is 9.73. The van der Waals surface area contributed by atoms with Crippen LogP contribution in [0.3, 0.4) is 0 Å². The Hall–Kier alpha value is 0.640. The van der Waals surface area contributed by atoms with Crippen LogP contribution in [0.2, 0.25) is 0 Å². The number of hydrogen-bond acceptors (Lipinski definition) is 1. The maximum atomic E-state index is 9.32. The highest BCUT2D eigenvalue weighted by atomic mass is 127. The molecule has 1 N–H and O–H groups in total. The maximum absolute atomic E-state index is 9.32. The first-order chi connectivity index (χ1) is 5.13. The highest BCUT2D eigenvalue weighted by molar-refractivity contribution is 14.1. The summed E-state index contributed by atoms with van der Waals surface area (Å²) in [6.45, 7) is 1.79. The smallest absolute Gasteiger partial charge is 0.0772 e. The summed E-state index contributed by atoms with van der Waals surface area (Å²) in [5.74, 6) is 0.